The second-order valence-electron chi connectivity index (χ2n) is 7.60. The molecule has 1 unspecified atom stereocenters. The van der Waals surface area contributed by atoms with Crippen molar-refractivity contribution < 1.29 is 23.4 Å². The first-order valence-electron chi connectivity index (χ1n) is 9.89. The monoisotopic (exact) mass is 447 g/mol. The average molecular weight is 448 g/mol. The lowest BCUT2D eigenvalue weighted by molar-refractivity contribution is 0.171. The Balaban J connectivity index is 2.07. The Kier molecular flexibility index (Phi) is 5.92. The molecule has 6 nitrogen and oxygen atoms in total. The zero-order valence-corrected chi connectivity index (χ0v) is 18.2. The van der Waals surface area contributed by atoms with Gasteiger partial charge in [0.05, 0.1) is 25.8 Å². The fourth-order valence-corrected chi connectivity index (χ4v) is 4.64. The van der Waals surface area contributed by atoms with Gasteiger partial charge in [-0.05, 0) is 32.1 Å². The molecule has 1 saturated heterocycles. The maximum atomic E-state index is 14.1. The molecular weight excluding hydrogens is 425 g/mol. The molecule has 0 saturated carbocycles. The fraction of sp³-hybridized carbons (Fsp3) is 0.348. The van der Waals surface area contributed by atoms with Crippen LogP contribution in [0, 0.1) is 5.82 Å². The van der Waals surface area contributed by atoms with Crippen molar-refractivity contribution in [2.45, 2.75) is 18.4 Å². The first-order chi connectivity index (χ1) is 14.9. The van der Waals surface area contributed by atoms with Crippen LogP contribution in [0.2, 0.25) is 5.02 Å². The van der Waals surface area contributed by atoms with Crippen LogP contribution >= 0.6 is 11.6 Å². The molecule has 1 N–H and O–H groups in total. The number of hydrogen-bond donors (Lipinski definition) is 1. The summed E-state index contributed by atoms with van der Waals surface area (Å²) in [5.41, 5.74) is 0.894. The highest BCUT2D eigenvalue weighted by Crippen LogP contribution is 2.45. The van der Waals surface area contributed by atoms with Gasteiger partial charge in [0.1, 0.15) is 34.0 Å². The van der Waals surface area contributed by atoms with Gasteiger partial charge < -0.3 is 23.9 Å². The van der Waals surface area contributed by atoms with Crippen molar-refractivity contribution in [1.82, 2.24) is 4.90 Å². The molecule has 2 atom stereocenters. The number of fused-ring (bicyclic) bond motifs is 1. The van der Waals surface area contributed by atoms with Crippen molar-refractivity contribution in [2.24, 2.45) is 0 Å². The van der Waals surface area contributed by atoms with E-state index in [0.29, 0.717) is 17.1 Å². The highest BCUT2D eigenvalue weighted by atomic mass is 35.5. The molecule has 0 aliphatic carbocycles. The molecule has 8 heteroatoms. The quantitative estimate of drug-likeness (QED) is 0.636. The van der Waals surface area contributed by atoms with E-state index in [2.05, 4.69) is 4.90 Å². The summed E-state index contributed by atoms with van der Waals surface area (Å²) in [4.78, 5) is 15.2. The van der Waals surface area contributed by atoms with Gasteiger partial charge in [0, 0.05) is 35.2 Å². The molecule has 0 radical (unpaired) electrons. The van der Waals surface area contributed by atoms with E-state index < -0.39 is 5.82 Å². The summed E-state index contributed by atoms with van der Waals surface area (Å²) < 4.78 is 31.3. The zero-order chi connectivity index (χ0) is 22.3. The number of hydrogen-bond acceptors (Lipinski definition) is 6. The predicted molar refractivity (Wildman–Crippen MR) is 117 cm³/mol. The molecular formula is C23H23ClFNO5. The van der Waals surface area contributed by atoms with Crippen molar-refractivity contribution in [2.75, 3.05) is 34.4 Å². The van der Waals surface area contributed by atoms with E-state index in [0.717, 1.165) is 13.0 Å². The van der Waals surface area contributed by atoms with E-state index in [-0.39, 0.29) is 51.3 Å². The van der Waals surface area contributed by atoms with Crippen LogP contribution in [0.5, 0.6) is 11.5 Å². The molecule has 0 bridgehead atoms. The highest BCUT2D eigenvalue weighted by Gasteiger charge is 2.37. The Hall–Kier alpha value is -2.61. The third-order valence-corrected chi connectivity index (χ3v) is 6.39. The van der Waals surface area contributed by atoms with Crippen LogP contribution in [0.15, 0.2) is 39.5 Å². The number of rotatable bonds is 5. The van der Waals surface area contributed by atoms with Crippen molar-refractivity contribution in [1.29, 1.82) is 0 Å². The van der Waals surface area contributed by atoms with Crippen LogP contribution in [-0.2, 0) is 0 Å². The van der Waals surface area contributed by atoms with Gasteiger partial charge in [-0.25, -0.2) is 4.39 Å². The lowest BCUT2D eigenvalue weighted by Crippen LogP contribution is -2.32. The summed E-state index contributed by atoms with van der Waals surface area (Å²) in [6, 6.07) is 7.11. The van der Waals surface area contributed by atoms with Crippen molar-refractivity contribution in [3.8, 4) is 22.8 Å². The van der Waals surface area contributed by atoms with Crippen molar-refractivity contribution in [3.05, 3.63) is 57.0 Å². The molecule has 1 aliphatic heterocycles. The Labute approximate surface area is 183 Å². The third-order valence-electron chi connectivity index (χ3n) is 6.00. The van der Waals surface area contributed by atoms with Gasteiger partial charge in [0.25, 0.3) is 0 Å². The molecule has 0 amide bonds. The average Bonchev–Trinajstić information content (AvgIpc) is 3.13. The van der Waals surface area contributed by atoms with Crippen LogP contribution in [0.4, 0.5) is 4.39 Å². The number of ether oxygens (including phenoxy) is 2. The van der Waals surface area contributed by atoms with E-state index in [1.807, 2.05) is 7.05 Å². The topological polar surface area (TPSA) is 72.1 Å². The van der Waals surface area contributed by atoms with E-state index in [1.165, 1.54) is 32.4 Å². The molecule has 31 heavy (non-hydrogen) atoms. The van der Waals surface area contributed by atoms with E-state index >= 15 is 0 Å². The van der Waals surface area contributed by atoms with Gasteiger partial charge in [-0.15, -0.1) is 0 Å². The molecule has 4 rings (SSSR count). The molecule has 0 spiro atoms. The van der Waals surface area contributed by atoms with Gasteiger partial charge in [0.15, 0.2) is 5.43 Å². The number of methoxy groups -OCH3 is 2. The second-order valence-corrected chi connectivity index (χ2v) is 7.98. The van der Waals surface area contributed by atoms with Crippen LogP contribution in [0.25, 0.3) is 22.3 Å². The van der Waals surface area contributed by atoms with Crippen LogP contribution in [-0.4, -0.2) is 50.5 Å². The normalized spacial score (nSPS) is 19.2. The van der Waals surface area contributed by atoms with Crippen LogP contribution in [0.3, 0.4) is 0 Å². The number of likely N-dealkylation sites (N-methyl/N-ethyl adjacent to an activating group) is 1. The molecule has 1 aromatic heterocycles. The summed E-state index contributed by atoms with van der Waals surface area (Å²) in [6.07, 6.45) is 0.744. The Morgan fingerprint density at radius 3 is 2.68 bits per heavy atom. The maximum absolute atomic E-state index is 14.1. The smallest absolute Gasteiger partial charge is 0.197 e. The minimum atomic E-state index is -0.608. The minimum absolute atomic E-state index is 0.0580. The summed E-state index contributed by atoms with van der Waals surface area (Å²) in [5, 5.41) is 10.1. The number of likely N-dealkylation sites (tertiary alicyclic amines) is 1. The van der Waals surface area contributed by atoms with Crippen LogP contribution < -0.4 is 14.9 Å². The Morgan fingerprint density at radius 1 is 1.26 bits per heavy atom. The number of nitrogens with zero attached hydrogens (tertiary/aromatic N) is 1. The SMILES string of the molecule is COc1cc(OC)c2c(=O)cc(-c3cccc(F)c3Cl)oc2c1C1CCN(C)[C@@H]1CO. The summed E-state index contributed by atoms with van der Waals surface area (Å²) in [6.45, 7) is 0.712. The Bertz CT molecular complexity index is 1190. The van der Waals surface area contributed by atoms with Gasteiger partial charge in [0.2, 0.25) is 0 Å². The number of benzene rings is 2. The fourth-order valence-electron chi connectivity index (χ4n) is 4.42. The van der Waals surface area contributed by atoms with Gasteiger partial charge >= 0.3 is 0 Å². The zero-order valence-electron chi connectivity index (χ0n) is 17.4. The molecule has 2 heterocycles. The number of aliphatic hydroxyl groups is 1. The van der Waals surface area contributed by atoms with Crippen molar-refractivity contribution in [3.63, 3.8) is 0 Å². The van der Waals surface area contributed by atoms with E-state index in [4.69, 9.17) is 25.5 Å². The largest absolute Gasteiger partial charge is 0.496 e. The lowest BCUT2D eigenvalue weighted by Gasteiger charge is -2.25. The minimum Gasteiger partial charge on any atom is -0.496 e. The summed E-state index contributed by atoms with van der Waals surface area (Å²) >= 11 is 6.15. The number of aliphatic hydroxyl groups excluding tert-OH is 1. The van der Waals surface area contributed by atoms with Gasteiger partial charge in [-0.3, -0.25) is 4.79 Å². The molecule has 1 fully saturated rings. The predicted octanol–water partition coefficient (Wildman–Crippen LogP) is 4.05. The Morgan fingerprint density at radius 2 is 2.00 bits per heavy atom. The summed E-state index contributed by atoms with van der Waals surface area (Å²) in [7, 11) is 4.93. The standard InChI is InChI=1S/C23H23ClFNO5/c1-26-8-7-12(15(26)11-27)20-18(29-2)10-19(30-3)21-16(28)9-17(31-23(20)21)13-5-4-6-14(25)22(13)24/h4-6,9-10,12,15,27H,7-8,11H2,1-3H3/t12?,15-/m1/s1. The van der Waals surface area contributed by atoms with Crippen molar-refractivity contribution >= 4 is 22.6 Å². The van der Waals surface area contributed by atoms with E-state index in [9.17, 15) is 14.3 Å². The first kappa shape index (κ1) is 21.6. The molecule has 164 valence electrons. The lowest BCUT2D eigenvalue weighted by atomic mass is 9.89. The second kappa shape index (κ2) is 8.49. The molecule has 3 aromatic rings. The molecule has 1 aliphatic rings. The number of halogens is 2. The van der Waals surface area contributed by atoms with Gasteiger partial charge in [-0.2, -0.15) is 0 Å². The maximum Gasteiger partial charge on any atom is 0.197 e. The van der Waals surface area contributed by atoms with E-state index in [1.54, 1.807) is 12.1 Å². The highest BCUT2D eigenvalue weighted by molar-refractivity contribution is 6.33. The molecule has 2 aromatic carbocycles. The van der Waals surface area contributed by atoms with Crippen LogP contribution in [0.1, 0.15) is 17.9 Å². The third kappa shape index (κ3) is 3.56. The van der Waals surface area contributed by atoms with Gasteiger partial charge in [-0.1, -0.05) is 17.7 Å². The summed E-state index contributed by atoms with van der Waals surface area (Å²) in [5.74, 6) is 0.204. The first-order valence-corrected chi connectivity index (χ1v) is 10.3.